The van der Waals surface area contributed by atoms with E-state index >= 15 is 0 Å². The van der Waals surface area contributed by atoms with E-state index < -0.39 is 5.97 Å². The SMILES string of the molecule is CCOC(=O)c1c(NC(=O)NC2CCCCC2)sc(C)c1-c1ccccc1. The average Bonchev–Trinajstić information content (AvgIpc) is 2.99. The van der Waals surface area contributed by atoms with Crippen molar-refractivity contribution in [2.45, 2.75) is 52.0 Å². The molecule has 2 aromatic rings. The maximum atomic E-state index is 12.7. The standard InChI is InChI=1S/C21H26N2O3S/c1-3-26-20(24)18-17(15-10-6-4-7-11-15)14(2)27-19(18)23-21(25)22-16-12-8-5-9-13-16/h4,6-7,10-11,16H,3,5,8-9,12-13H2,1-2H3,(H2,22,23,25). The van der Waals surface area contributed by atoms with Crippen LogP contribution in [-0.2, 0) is 4.74 Å². The number of hydrogen-bond acceptors (Lipinski definition) is 4. The Kier molecular flexibility index (Phi) is 6.50. The summed E-state index contributed by atoms with van der Waals surface area (Å²) in [6.07, 6.45) is 5.55. The van der Waals surface area contributed by atoms with E-state index in [9.17, 15) is 9.59 Å². The molecule has 0 bridgehead atoms. The smallest absolute Gasteiger partial charge is 0.341 e. The minimum atomic E-state index is -0.409. The summed E-state index contributed by atoms with van der Waals surface area (Å²) in [5, 5.41) is 6.47. The first-order chi connectivity index (χ1) is 13.1. The molecule has 1 aromatic heterocycles. The molecule has 0 spiro atoms. The second kappa shape index (κ2) is 9.04. The minimum absolute atomic E-state index is 0.208. The third-order valence-electron chi connectivity index (χ3n) is 4.79. The lowest BCUT2D eigenvalue weighted by atomic mass is 9.96. The summed E-state index contributed by atoms with van der Waals surface area (Å²) in [6.45, 7) is 4.03. The number of esters is 1. The molecule has 0 unspecified atom stereocenters. The number of aryl methyl sites for hydroxylation is 1. The van der Waals surface area contributed by atoms with E-state index in [1.54, 1.807) is 6.92 Å². The number of amides is 2. The Morgan fingerprint density at radius 3 is 2.52 bits per heavy atom. The van der Waals surface area contributed by atoms with Gasteiger partial charge in [-0.25, -0.2) is 9.59 Å². The first kappa shape index (κ1) is 19.4. The molecule has 1 saturated carbocycles. The molecule has 27 heavy (non-hydrogen) atoms. The van der Waals surface area contributed by atoms with Crippen LogP contribution in [0.4, 0.5) is 9.80 Å². The van der Waals surface area contributed by atoms with E-state index in [2.05, 4.69) is 10.6 Å². The van der Waals surface area contributed by atoms with Crippen LogP contribution in [0.2, 0.25) is 0 Å². The number of carbonyl (C=O) groups is 2. The Morgan fingerprint density at radius 2 is 1.85 bits per heavy atom. The number of anilines is 1. The van der Waals surface area contributed by atoms with Crippen molar-refractivity contribution < 1.29 is 14.3 Å². The quantitative estimate of drug-likeness (QED) is 0.680. The van der Waals surface area contributed by atoms with Crippen LogP contribution in [0.15, 0.2) is 30.3 Å². The fraction of sp³-hybridized carbons (Fsp3) is 0.429. The topological polar surface area (TPSA) is 67.4 Å². The van der Waals surface area contributed by atoms with Crippen molar-refractivity contribution in [3.05, 3.63) is 40.8 Å². The first-order valence-corrected chi connectivity index (χ1v) is 10.3. The summed E-state index contributed by atoms with van der Waals surface area (Å²) in [5.41, 5.74) is 2.20. The average molecular weight is 387 g/mol. The van der Waals surface area contributed by atoms with Crippen LogP contribution in [0.5, 0.6) is 0 Å². The zero-order valence-corrected chi connectivity index (χ0v) is 16.7. The fourth-order valence-corrected chi connectivity index (χ4v) is 4.61. The van der Waals surface area contributed by atoms with Gasteiger partial charge in [-0.15, -0.1) is 11.3 Å². The van der Waals surface area contributed by atoms with Gasteiger partial charge in [0.05, 0.1) is 6.61 Å². The van der Waals surface area contributed by atoms with Crippen LogP contribution >= 0.6 is 11.3 Å². The van der Waals surface area contributed by atoms with Crippen molar-refractivity contribution in [3.63, 3.8) is 0 Å². The number of hydrogen-bond donors (Lipinski definition) is 2. The van der Waals surface area contributed by atoms with Crippen molar-refractivity contribution in [3.8, 4) is 11.1 Å². The van der Waals surface area contributed by atoms with Gasteiger partial charge in [-0.3, -0.25) is 5.32 Å². The molecule has 2 amide bonds. The van der Waals surface area contributed by atoms with Crippen molar-refractivity contribution >= 4 is 28.3 Å². The van der Waals surface area contributed by atoms with Crippen molar-refractivity contribution in [1.29, 1.82) is 0 Å². The lowest BCUT2D eigenvalue weighted by Gasteiger charge is -2.22. The maximum absolute atomic E-state index is 12.7. The van der Waals surface area contributed by atoms with Crippen molar-refractivity contribution in [1.82, 2.24) is 5.32 Å². The number of benzene rings is 1. The van der Waals surface area contributed by atoms with E-state index in [0.717, 1.165) is 41.7 Å². The normalized spacial score (nSPS) is 14.6. The summed E-state index contributed by atoms with van der Waals surface area (Å²) < 4.78 is 5.27. The highest BCUT2D eigenvalue weighted by atomic mass is 32.1. The predicted octanol–water partition coefficient (Wildman–Crippen LogP) is 5.35. The number of urea groups is 1. The minimum Gasteiger partial charge on any atom is -0.462 e. The molecule has 1 fully saturated rings. The molecule has 1 aromatic carbocycles. The van der Waals surface area contributed by atoms with Crippen LogP contribution in [0.3, 0.4) is 0 Å². The van der Waals surface area contributed by atoms with Gasteiger partial charge in [-0.05, 0) is 32.3 Å². The number of nitrogens with one attached hydrogen (secondary N) is 2. The van der Waals surface area contributed by atoms with Crippen LogP contribution in [0.1, 0.15) is 54.3 Å². The molecule has 0 aliphatic heterocycles. The van der Waals surface area contributed by atoms with E-state index in [-0.39, 0.29) is 18.7 Å². The number of thiophene rings is 1. The second-order valence-corrected chi connectivity index (χ2v) is 7.98. The molecule has 0 radical (unpaired) electrons. The molecule has 144 valence electrons. The number of ether oxygens (including phenoxy) is 1. The zero-order valence-electron chi connectivity index (χ0n) is 15.8. The van der Waals surface area contributed by atoms with Gasteiger partial charge in [0.1, 0.15) is 10.6 Å². The van der Waals surface area contributed by atoms with Gasteiger partial charge in [-0.1, -0.05) is 49.6 Å². The zero-order chi connectivity index (χ0) is 19.2. The third-order valence-corrected chi connectivity index (χ3v) is 5.81. The van der Waals surface area contributed by atoms with Gasteiger partial charge < -0.3 is 10.1 Å². The number of carbonyl (C=O) groups excluding carboxylic acids is 2. The second-order valence-electron chi connectivity index (χ2n) is 6.76. The molecule has 0 atom stereocenters. The molecule has 1 heterocycles. The van der Waals surface area contributed by atoms with E-state index in [4.69, 9.17) is 4.74 Å². The number of rotatable bonds is 5. The third kappa shape index (κ3) is 4.69. The Bertz CT molecular complexity index is 795. The largest absolute Gasteiger partial charge is 0.462 e. The highest BCUT2D eigenvalue weighted by Gasteiger charge is 2.26. The van der Waals surface area contributed by atoms with E-state index in [1.165, 1.54) is 17.8 Å². The summed E-state index contributed by atoms with van der Waals surface area (Å²) in [7, 11) is 0. The summed E-state index contributed by atoms with van der Waals surface area (Å²) in [6, 6.07) is 9.68. The Morgan fingerprint density at radius 1 is 1.15 bits per heavy atom. The lowest BCUT2D eigenvalue weighted by Crippen LogP contribution is -2.39. The van der Waals surface area contributed by atoms with E-state index in [1.807, 2.05) is 37.3 Å². The lowest BCUT2D eigenvalue weighted by molar-refractivity contribution is 0.0529. The molecule has 0 saturated heterocycles. The Balaban J connectivity index is 1.87. The van der Waals surface area contributed by atoms with Crippen LogP contribution in [0.25, 0.3) is 11.1 Å². The van der Waals surface area contributed by atoms with Crippen LogP contribution < -0.4 is 10.6 Å². The van der Waals surface area contributed by atoms with Crippen LogP contribution in [-0.4, -0.2) is 24.6 Å². The molecule has 3 rings (SSSR count). The molecular formula is C21H26N2O3S. The van der Waals surface area contributed by atoms with Gasteiger partial charge in [-0.2, -0.15) is 0 Å². The molecule has 6 heteroatoms. The molecule has 5 nitrogen and oxygen atoms in total. The molecular weight excluding hydrogens is 360 g/mol. The monoisotopic (exact) mass is 386 g/mol. The van der Waals surface area contributed by atoms with Gasteiger partial charge in [0, 0.05) is 16.5 Å². The first-order valence-electron chi connectivity index (χ1n) is 9.53. The Labute approximate surface area is 164 Å². The van der Waals surface area contributed by atoms with Gasteiger partial charge in [0.2, 0.25) is 0 Å². The fourth-order valence-electron chi connectivity index (χ4n) is 3.55. The molecule has 1 aliphatic rings. The van der Waals surface area contributed by atoms with Gasteiger partial charge in [0.15, 0.2) is 0 Å². The molecule has 1 aliphatic carbocycles. The summed E-state index contributed by atoms with van der Waals surface area (Å²) >= 11 is 1.41. The van der Waals surface area contributed by atoms with Crippen molar-refractivity contribution in [2.75, 3.05) is 11.9 Å². The van der Waals surface area contributed by atoms with Crippen LogP contribution in [0, 0.1) is 6.92 Å². The van der Waals surface area contributed by atoms with Gasteiger partial charge in [0.25, 0.3) is 0 Å². The summed E-state index contributed by atoms with van der Waals surface area (Å²) in [5.74, 6) is -0.409. The maximum Gasteiger partial charge on any atom is 0.341 e. The van der Waals surface area contributed by atoms with E-state index in [0.29, 0.717) is 10.6 Å². The predicted molar refractivity (Wildman–Crippen MR) is 109 cm³/mol. The molecule has 2 N–H and O–H groups in total. The highest BCUT2D eigenvalue weighted by Crippen LogP contribution is 2.40. The summed E-state index contributed by atoms with van der Waals surface area (Å²) in [4.78, 5) is 26.1. The van der Waals surface area contributed by atoms with Gasteiger partial charge >= 0.3 is 12.0 Å². The highest BCUT2D eigenvalue weighted by molar-refractivity contribution is 7.17. The Hall–Kier alpha value is -2.34. The van der Waals surface area contributed by atoms with Crippen molar-refractivity contribution in [2.24, 2.45) is 0 Å².